The average molecular weight is 356 g/mol. The molecule has 1 atom stereocenters. The molecule has 0 aromatic heterocycles. The Morgan fingerprint density at radius 2 is 1.88 bits per heavy atom. The predicted molar refractivity (Wildman–Crippen MR) is 96.8 cm³/mol. The first-order chi connectivity index (χ1) is 12.4. The lowest BCUT2D eigenvalue weighted by atomic mass is 9.91. The second-order valence-electron chi connectivity index (χ2n) is 6.72. The molecule has 0 bridgehead atoms. The Morgan fingerprint density at radius 1 is 1.19 bits per heavy atom. The molecule has 0 fully saturated rings. The minimum atomic E-state index is -0.977. The van der Waals surface area contributed by atoms with Gasteiger partial charge in [0.1, 0.15) is 5.82 Å². The Morgan fingerprint density at radius 3 is 2.54 bits per heavy atom. The number of carboxylic acid groups (broad SMARTS) is 1. The Labute approximate surface area is 151 Å². The lowest BCUT2D eigenvalue weighted by Crippen LogP contribution is -2.45. The summed E-state index contributed by atoms with van der Waals surface area (Å²) < 4.78 is 14.3. The van der Waals surface area contributed by atoms with Crippen molar-refractivity contribution in [1.82, 2.24) is 4.90 Å². The fourth-order valence-corrected chi connectivity index (χ4v) is 3.32. The highest BCUT2D eigenvalue weighted by Crippen LogP contribution is 2.28. The van der Waals surface area contributed by atoms with Gasteiger partial charge in [0, 0.05) is 32.4 Å². The van der Waals surface area contributed by atoms with Crippen LogP contribution in [-0.4, -0.2) is 42.0 Å². The van der Waals surface area contributed by atoms with E-state index in [-0.39, 0.29) is 18.5 Å². The van der Waals surface area contributed by atoms with Crippen LogP contribution >= 0.6 is 0 Å². The van der Waals surface area contributed by atoms with Gasteiger partial charge in [0.2, 0.25) is 0 Å². The SMILES string of the molecule is CN(C)c1ccc(F)c(C(=O)N2Cc3ccccc3C[C@H]2CC(=O)O)c1. The van der Waals surface area contributed by atoms with E-state index in [1.54, 1.807) is 11.0 Å². The molecular formula is C20H21FN2O3. The molecule has 0 aliphatic carbocycles. The second kappa shape index (κ2) is 7.15. The highest BCUT2D eigenvalue weighted by Gasteiger charge is 2.32. The van der Waals surface area contributed by atoms with Crippen molar-refractivity contribution in [2.75, 3.05) is 19.0 Å². The van der Waals surface area contributed by atoms with Gasteiger partial charge in [-0.15, -0.1) is 0 Å². The van der Waals surface area contributed by atoms with E-state index in [0.717, 1.165) is 11.1 Å². The first kappa shape index (κ1) is 17.9. The van der Waals surface area contributed by atoms with Crippen molar-refractivity contribution in [3.8, 4) is 0 Å². The van der Waals surface area contributed by atoms with Crippen molar-refractivity contribution in [2.45, 2.75) is 25.4 Å². The molecule has 1 N–H and O–H groups in total. The second-order valence-corrected chi connectivity index (χ2v) is 6.72. The van der Waals surface area contributed by atoms with Crippen molar-refractivity contribution >= 4 is 17.6 Å². The van der Waals surface area contributed by atoms with Gasteiger partial charge in [0.25, 0.3) is 5.91 Å². The van der Waals surface area contributed by atoms with Crippen molar-refractivity contribution in [1.29, 1.82) is 0 Å². The van der Waals surface area contributed by atoms with E-state index in [4.69, 9.17) is 0 Å². The number of carbonyl (C=O) groups is 2. The summed E-state index contributed by atoms with van der Waals surface area (Å²) >= 11 is 0. The highest BCUT2D eigenvalue weighted by atomic mass is 19.1. The van der Waals surface area contributed by atoms with Crippen LogP contribution in [0.25, 0.3) is 0 Å². The molecule has 0 saturated heterocycles. The topological polar surface area (TPSA) is 60.9 Å². The summed E-state index contributed by atoms with van der Waals surface area (Å²) in [6.45, 7) is 0.276. The maximum Gasteiger partial charge on any atom is 0.305 e. The predicted octanol–water partition coefficient (Wildman–Crippen LogP) is 2.93. The number of aliphatic carboxylic acids is 1. The minimum absolute atomic E-state index is 0.0361. The number of amides is 1. The fraction of sp³-hybridized carbons (Fsp3) is 0.300. The minimum Gasteiger partial charge on any atom is -0.481 e. The molecule has 0 saturated carbocycles. The summed E-state index contributed by atoms with van der Waals surface area (Å²) in [4.78, 5) is 27.6. The molecule has 1 aliphatic heterocycles. The van der Waals surface area contributed by atoms with E-state index in [1.165, 1.54) is 17.0 Å². The van der Waals surface area contributed by atoms with Gasteiger partial charge in [0.15, 0.2) is 0 Å². The molecule has 1 heterocycles. The van der Waals surface area contributed by atoms with Gasteiger partial charge < -0.3 is 14.9 Å². The number of anilines is 1. The lowest BCUT2D eigenvalue weighted by Gasteiger charge is -2.36. The van der Waals surface area contributed by atoms with Crippen molar-refractivity contribution in [3.63, 3.8) is 0 Å². The molecule has 1 aliphatic rings. The molecule has 5 nitrogen and oxygen atoms in total. The van der Waals surface area contributed by atoms with Gasteiger partial charge in [-0.05, 0) is 35.7 Å². The van der Waals surface area contributed by atoms with Crippen LogP contribution in [0.1, 0.15) is 27.9 Å². The van der Waals surface area contributed by atoms with Gasteiger partial charge >= 0.3 is 5.97 Å². The van der Waals surface area contributed by atoms with Crippen LogP contribution in [0.5, 0.6) is 0 Å². The van der Waals surface area contributed by atoms with Gasteiger partial charge in [-0.3, -0.25) is 9.59 Å². The van der Waals surface area contributed by atoms with E-state index in [1.807, 2.05) is 38.4 Å². The molecular weight excluding hydrogens is 335 g/mol. The monoisotopic (exact) mass is 356 g/mol. The number of benzene rings is 2. The Bertz CT molecular complexity index is 851. The maximum absolute atomic E-state index is 14.3. The fourth-order valence-electron chi connectivity index (χ4n) is 3.32. The molecule has 1 amide bonds. The number of nitrogens with zero attached hydrogens (tertiary/aromatic N) is 2. The van der Waals surface area contributed by atoms with Crippen LogP contribution in [0.15, 0.2) is 42.5 Å². The number of halogens is 1. The van der Waals surface area contributed by atoms with Crippen LogP contribution in [-0.2, 0) is 17.8 Å². The zero-order valence-electron chi connectivity index (χ0n) is 14.8. The van der Waals surface area contributed by atoms with Crippen LogP contribution < -0.4 is 4.90 Å². The quantitative estimate of drug-likeness (QED) is 0.915. The van der Waals surface area contributed by atoms with Gasteiger partial charge in [-0.2, -0.15) is 0 Å². The molecule has 2 aromatic rings. The molecule has 0 radical (unpaired) electrons. The molecule has 6 heteroatoms. The number of carbonyl (C=O) groups excluding carboxylic acids is 1. The van der Waals surface area contributed by atoms with E-state index in [2.05, 4.69) is 0 Å². The van der Waals surface area contributed by atoms with E-state index in [9.17, 15) is 19.1 Å². The standard InChI is InChI=1S/C20H21FN2O3/c1-22(2)15-7-8-18(21)17(10-15)20(26)23-12-14-6-4-3-5-13(14)9-16(23)11-19(24)25/h3-8,10,16H,9,11-12H2,1-2H3,(H,24,25)/t16-/m0/s1. The third-order valence-electron chi connectivity index (χ3n) is 4.72. The summed E-state index contributed by atoms with van der Waals surface area (Å²) in [5.74, 6) is -2.06. The summed E-state index contributed by atoms with van der Waals surface area (Å²) in [6, 6.07) is 11.5. The average Bonchev–Trinajstić information content (AvgIpc) is 2.60. The van der Waals surface area contributed by atoms with E-state index in [0.29, 0.717) is 12.1 Å². The van der Waals surface area contributed by atoms with Crippen molar-refractivity contribution in [3.05, 3.63) is 65.0 Å². The van der Waals surface area contributed by atoms with Crippen molar-refractivity contribution in [2.24, 2.45) is 0 Å². The maximum atomic E-state index is 14.3. The van der Waals surface area contributed by atoms with Gasteiger partial charge in [-0.1, -0.05) is 24.3 Å². The highest BCUT2D eigenvalue weighted by molar-refractivity contribution is 5.96. The zero-order chi connectivity index (χ0) is 18.8. The van der Waals surface area contributed by atoms with Crippen LogP contribution in [0.2, 0.25) is 0 Å². The Balaban J connectivity index is 1.98. The lowest BCUT2D eigenvalue weighted by molar-refractivity contribution is -0.138. The van der Waals surface area contributed by atoms with Crippen LogP contribution in [0, 0.1) is 5.82 Å². The van der Waals surface area contributed by atoms with E-state index >= 15 is 0 Å². The number of carboxylic acids is 1. The number of fused-ring (bicyclic) bond motifs is 1. The normalized spacial score (nSPS) is 16.1. The van der Waals surface area contributed by atoms with Gasteiger partial charge in [-0.25, -0.2) is 4.39 Å². The largest absolute Gasteiger partial charge is 0.481 e. The van der Waals surface area contributed by atoms with Crippen LogP contribution in [0.3, 0.4) is 0 Å². The molecule has 3 rings (SSSR count). The van der Waals surface area contributed by atoms with E-state index < -0.39 is 23.7 Å². The number of hydrogen-bond acceptors (Lipinski definition) is 3. The zero-order valence-corrected chi connectivity index (χ0v) is 14.8. The summed E-state index contributed by atoms with van der Waals surface area (Å²) in [6.07, 6.45) is 0.276. The Hall–Kier alpha value is -2.89. The first-order valence-electron chi connectivity index (χ1n) is 8.43. The van der Waals surface area contributed by atoms with Crippen LogP contribution in [0.4, 0.5) is 10.1 Å². The number of hydrogen-bond donors (Lipinski definition) is 1. The molecule has 136 valence electrons. The third-order valence-corrected chi connectivity index (χ3v) is 4.72. The van der Waals surface area contributed by atoms with Gasteiger partial charge in [0.05, 0.1) is 12.0 Å². The summed E-state index contributed by atoms with van der Waals surface area (Å²) in [5.41, 5.74) is 2.67. The molecule has 0 spiro atoms. The summed E-state index contributed by atoms with van der Waals surface area (Å²) in [5, 5.41) is 9.24. The molecule has 0 unspecified atom stereocenters. The van der Waals surface area contributed by atoms with Crippen molar-refractivity contribution < 1.29 is 19.1 Å². The Kier molecular flexibility index (Phi) is 4.93. The number of rotatable bonds is 4. The molecule has 2 aromatic carbocycles. The molecule has 26 heavy (non-hydrogen) atoms. The smallest absolute Gasteiger partial charge is 0.305 e. The first-order valence-corrected chi connectivity index (χ1v) is 8.43. The summed E-state index contributed by atoms with van der Waals surface area (Å²) in [7, 11) is 3.62. The third kappa shape index (κ3) is 3.54.